The molecule has 2 heterocycles. The first kappa shape index (κ1) is 15.6. The molecule has 0 spiro atoms. The summed E-state index contributed by atoms with van der Waals surface area (Å²) >= 11 is 0. The van der Waals surface area contributed by atoms with Crippen LogP contribution in [-0.4, -0.2) is 40.4 Å². The maximum Gasteiger partial charge on any atom is 0.256 e. The Morgan fingerprint density at radius 2 is 1.96 bits per heavy atom. The van der Waals surface area contributed by atoms with Crippen molar-refractivity contribution in [3.63, 3.8) is 0 Å². The maximum absolute atomic E-state index is 13.2. The molecule has 1 aromatic carbocycles. The molecule has 1 saturated carbocycles. The zero-order chi connectivity index (χ0) is 16.8. The number of fused-ring (bicyclic) bond motifs is 1. The highest BCUT2D eigenvalue weighted by atomic mass is 16.2. The quantitative estimate of drug-likeness (QED) is 0.928. The number of hydrogen-bond donors (Lipinski definition) is 1. The van der Waals surface area contributed by atoms with Crippen LogP contribution in [0.3, 0.4) is 0 Å². The van der Waals surface area contributed by atoms with Gasteiger partial charge in [0.25, 0.3) is 5.91 Å². The zero-order valence-corrected chi connectivity index (χ0v) is 14.2. The minimum absolute atomic E-state index is 0.00234. The third-order valence-corrected chi connectivity index (χ3v) is 6.05. The van der Waals surface area contributed by atoms with E-state index in [4.69, 9.17) is 5.73 Å². The molecular formula is C19H25N3O2. The molecule has 5 nitrogen and oxygen atoms in total. The highest BCUT2D eigenvalue weighted by Crippen LogP contribution is 2.41. The second kappa shape index (κ2) is 5.88. The second-order valence-corrected chi connectivity index (χ2v) is 7.32. The summed E-state index contributed by atoms with van der Waals surface area (Å²) in [5, 5.41) is 0. The SMILES string of the molecule is CC1c2cccc(C(N)=O)c2C(=O)N1C1CCCCN1C1CCC1. The molecule has 1 saturated heterocycles. The molecule has 0 bridgehead atoms. The predicted octanol–water partition coefficient (Wildman–Crippen LogP) is 2.67. The molecule has 2 atom stereocenters. The van der Waals surface area contributed by atoms with Crippen LogP contribution in [0.5, 0.6) is 0 Å². The standard InChI is InChI=1S/C19H25N3O2/c1-12-14-8-5-9-15(18(20)23)17(14)19(24)22(12)16-10-2-3-11-21(16)13-6-4-7-13/h5,8-9,12-13,16H,2-4,6-7,10-11H2,1H3,(H2,20,23). The number of carbonyl (C=O) groups is 2. The minimum atomic E-state index is -0.520. The van der Waals surface area contributed by atoms with E-state index in [9.17, 15) is 9.59 Å². The van der Waals surface area contributed by atoms with Gasteiger partial charge in [-0.1, -0.05) is 18.6 Å². The molecule has 2 N–H and O–H groups in total. The highest BCUT2D eigenvalue weighted by molar-refractivity contribution is 6.09. The van der Waals surface area contributed by atoms with Crippen LogP contribution < -0.4 is 5.73 Å². The Bertz CT molecular complexity index is 683. The molecule has 2 amide bonds. The van der Waals surface area contributed by atoms with E-state index in [2.05, 4.69) is 11.8 Å². The van der Waals surface area contributed by atoms with Gasteiger partial charge in [0.05, 0.1) is 23.3 Å². The number of benzene rings is 1. The van der Waals surface area contributed by atoms with Crippen LogP contribution in [-0.2, 0) is 0 Å². The van der Waals surface area contributed by atoms with Crippen LogP contribution in [0.1, 0.15) is 77.8 Å². The van der Waals surface area contributed by atoms with Crippen molar-refractivity contribution < 1.29 is 9.59 Å². The number of amides is 2. The van der Waals surface area contributed by atoms with Crippen molar-refractivity contribution >= 4 is 11.8 Å². The van der Waals surface area contributed by atoms with Crippen LogP contribution >= 0.6 is 0 Å². The third kappa shape index (κ3) is 2.25. The largest absolute Gasteiger partial charge is 0.366 e. The zero-order valence-electron chi connectivity index (χ0n) is 14.2. The molecular weight excluding hydrogens is 302 g/mol. The highest BCUT2D eigenvalue weighted by Gasteiger charge is 2.44. The van der Waals surface area contributed by atoms with Gasteiger partial charge >= 0.3 is 0 Å². The van der Waals surface area contributed by atoms with Crippen molar-refractivity contribution in [3.8, 4) is 0 Å². The van der Waals surface area contributed by atoms with E-state index in [0.717, 1.165) is 24.9 Å². The normalized spacial score (nSPS) is 27.9. The van der Waals surface area contributed by atoms with Gasteiger partial charge in [0, 0.05) is 12.6 Å². The van der Waals surface area contributed by atoms with E-state index >= 15 is 0 Å². The fourth-order valence-electron chi connectivity index (χ4n) is 4.59. The summed E-state index contributed by atoms with van der Waals surface area (Å²) in [6.07, 6.45) is 7.32. The number of piperidine rings is 1. The van der Waals surface area contributed by atoms with Gasteiger partial charge in [0.1, 0.15) is 0 Å². The fraction of sp³-hybridized carbons (Fsp3) is 0.579. The van der Waals surface area contributed by atoms with E-state index in [1.807, 2.05) is 17.0 Å². The van der Waals surface area contributed by atoms with Gasteiger partial charge in [-0.25, -0.2) is 0 Å². The maximum atomic E-state index is 13.2. The fourth-order valence-corrected chi connectivity index (χ4v) is 4.59. The van der Waals surface area contributed by atoms with Crippen molar-refractivity contribution in [2.45, 2.75) is 63.7 Å². The van der Waals surface area contributed by atoms with Gasteiger partial charge in [-0.3, -0.25) is 14.5 Å². The first-order valence-corrected chi connectivity index (χ1v) is 9.10. The van der Waals surface area contributed by atoms with Crippen LogP contribution in [0.25, 0.3) is 0 Å². The Morgan fingerprint density at radius 3 is 2.62 bits per heavy atom. The molecule has 4 rings (SSSR count). The van der Waals surface area contributed by atoms with Gasteiger partial charge in [-0.05, 0) is 50.7 Å². The van der Waals surface area contributed by atoms with E-state index in [1.165, 1.54) is 25.7 Å². The minimum Gasteiger partial charge on any atom is -0.366 e. The van der Waals surface area contributed by atoms with Crippen molar-refractivity contribution in [1.82, 2.24) is 9.80 Å². The first-order chi connectivity index (χ1) is 11.6. The summed E-state index contributed by atoms with van der Waals surface area (Å²) < 4.78 is 0. The molecule has 2 unspecified atom stereocenters. The van der Waals surface area contributed by atoms with Gasteiger partial charge in [0.15, 0.2) is 0 Å². The molecule has 5 heteroatoms. The van der Waals surface area contributed by atoms with Crippen molar-refractivity contribution in [1.29, 1.82) is 0 Å². The lowest BCUT2D eigenvalue weighted by Crippen LogP contribution is -2.57. The third-order valence-electron chi connectivity index (χ3n) is 6.05. The summed E-state index contributed by atoms with van der Waals surface area (Å²) in [7, 11) is 0. The van der Waals surface area contributed by atoms with Crippen LogP contribution in [0.2, 0.25) is 0 Å². The van der Waals surface area contributed by atoms with Crippen molar-refractivity contribution in [3.05, 3.63) is 34.9 Å². The molecule has 128 valence electrons. The Labute approximate surface area is 142 Å². The lowest BCUT2D eigenvalue weighted by atomic mass is 9.89. The van der Waals surface area contributed by atoms with Gasteiger partial charge in [-0.2, -0.15) is 0 Å². The molecule has 24 heavy (non-hydrogen) atoms. The second-order valence-electron chi connectivity index (χ2n) is 7.32. The van der Waals surface area contributed by atoms with E-state index in [-0.39, 0.29) is 18.1 Å². The van der Waals surface area contributed by atoms with Crippen LogP contribution in [0.4, 0.5) is 0 Å². The summed E-state index contributed by atoms with van der Waals surface area (Å²) in [5.41, 5.74) is 7.33. The summed E-state index contributed by atoms with van der Waals surface area (Å²) in [6, 6.07) is 6.07. The summed E-state index contributed by atoms with van der Waals surface area (Å²) in [6.45, 7) is 3.15. The Hall–Kier alpha value is -1.88. The number of rotatable bonds is 3. The Balaban J connectivity index is 1.70. The molecule has 0 aromatic heterocycles. The number of likely N-dealkylation sites (tertiary alicyclic amines) is 1. The number of primary amides is 1. The summed E-state index contributed by atoms with van der Waals surface area (Å²) in [4.78, 5) is 29.5. The van der Waals surface area contributed by atoms with E-state index in [1.54, 1.807) is 6.07 Å². The Kier molecular flexibility index (Phi) is 3.83. The molecule has 2 aliphatic heterocycles. The van der Waals surface area contributed by atoms with Gasteiger partial charge in [0.2, 0.25) is 5.91 Å². The molecule has 1 aromatic rings. The van der Waals surface area contributed by atoms with Crippen LogP contribution in [0.15, 0.2) is 18.2 Å². The first-order valence-electron chi connectivity index (χ1n) is 9.10. The van der Waals surface area contributed by atoms with E-state index in [0.29, 0.717) is 17.2 Å². The summed E-state index contributed by atoms with van der Waals surface area (Å²) in [5.74, 6) is -0.545. The topological polar surface area (TPSA) is 66.6 Å². The van der Waals surface area contributed by atoms with Crippen LogP contribution in [0, 0.1) is 0 Å². The number of nitrogens with two attached hydrogens (primary N) is 1. The number of carbonyl (C=O) groups excluding carboxylic acids is 2. The molecule has 1 aliphatic carbocycles. The van der Waals surface area contributed by atoms with Gasteiger partial charge in [-0.15, -0.1) is 0 Å². The van der Waals surface area contributed by atoms with E-state index < -0.39 is 5.91 Å². The average molecular weight is 327 g/mol. The monoisotopic (exact) mass is 327 g/mol. The van der Waals surface area contributed by atoms with Gasteiger partial charge < -0.3 is 10.6 Å². The number of nitrogens with zero attached hydrogens (tertiary/aromatic N) is 2. The van der Waals surface area contributed by atoms with Crippen molar-refractivity contribution in [2.75, 3.05) is 6.54 Å². The van der Waals surface area contributed by atoms with Crippen molar-refractivity contribution in [2.24, 2.45) is 5.73 Å². The molecule has 0 radical (unpaired) electrons. The predicted molar refractivity (Wildman–Crippen MR) is 91.5 cm³/mol. The Morgan fingerprint density at radius 1 is 1.17 bits per heavy atom. The smallest absolute Gasteiger partial charge is 0.256 e. The average Bonchev–Trinajstić information content (AvgIpc) is 2.78. The lowest BCUT2D eigenvalue weighted by molar-refractivity contribution is -0.0354. The lowest BCUT2D eigenvalue weighted by Gasteiger charge is -2.49. The number of hydrogen-bond acceptors (Lipinski definition) is 3. The molecule has 2 fully saturated rings. The molecule has 3 aliphatic rings.